The zero-order chi connectivity index (χ0) is 18.8. The van der Waals surface area contributed by atoms with Crippen LogP contribution in [-0.4, -0.2) is 29.4 Å². The van der Waals surface area contributed by atoms with Gasteiger partial charge in [0.2, 0.25) is 5.89 Å². The molecule has 1 saturated heterocycles. The Balaban J connectivity index is 1.42. The zero-order valence-electron chi connectivity index (χ0n) is 16.0. The molecule has 2 aliphatic rings. The van der Waals surface area contributed by atoms with E-state index in [9.17, 15) is 4.39 Å². The Bertz CT molecular complexity index is 734. The highest BCUT2D eigenvalue weighted by Crippen LogP contribution is 2.40. The van der Waals surface area contributed by atoms with Gasteiger partial charge < -0.3 is 14.6 Å². The predicted molar refractivity (Wildman–Crippen MR) is 100.0 cm³/mol. The number of halogens is 1. The monoisotopic (exact) mass is 373 g/mol. The second-order valence-corrected chi connectivity index (χ2v) is 8.16. The first-order valence-electron chi connectivity index (χ1n) is 10.0. The molecule has 1 aromatic carbocycles. The van der Waals surface area contributed by atoms with Crippen LogP contribution in [0, 0.1) is 11.7 Å². The fourth-order valence-electron chi connectivity index (χ4n) is 4.08. The molecule has 4 rings (SSSR count). The van der Waals surface area contributed by atoms with Gasteiger partial charge in [0, 0.05) is 25.2 Å². The Morgan fingerprint density at radius 1 is 1.11 bits per heavy atom. The lowest BCUT2D eigenvalue weighted by Gasteiger charge is -2.40. The van der Waals surface area contributed by atoms with Crippen molar-refractivity contribution in [2.75, 3.05) is 13.2 Å². The SMILES string of the molecule is CC(C)c1noc(C(NC2CC(c3ccc(F)cc3)C2)C2CCOCC2)n1. The molecular formula is C21H28FN3O2. The molecule has 1 atom stereocenters. The van der Waals surface area contributed by atoms with Crippen molar-refractivity contribution < 1.29 is 13.7 Å². The first-order valence-corrected chi connectivity index (χ1v) is 10.0. The van der Waals surface area contributed by atoms with E-state index in [-0.39, 0.29) is 17.8 Å². The van der Waals surface area contributed by atoms with Crippen molar-refractivity contribution in [2.24, 2.45) is 5.92 Å². The van der Waals surface area contributed by atoms with Gasteiger partial charge in [-0.05, 0) is 55.2 Å². The normalized spacial score (nSPS) is 24.7. The molecule has 1 aliphatic heterocycles. The van der Waals surface area contributed by atoms with Gasteiger partial charge in [0.25, 0.3) is 0 Å². The van der Waals surface area contributed by atoms with Crippen molar-refractivity contribution in [3.63, 3.8) is 0 Å². The van der Waals surface area contributed by atoms with Gasteiger partial charge in [0.15, 0.2) is 5.82 Å². The molecule has 2 heterocycles. The summed E-state index contributed by atoms with van der Waals surface area (Å²) >= 11 is 0. The third kappa shape index (κ3) is 4.22. The largest absolute Gasteiger partial charge is 0.381 e. The average molecular weight is 373 g/mol. The highest BCUT2D eigenvalue weighted by atomic mass is 19.1. The lowest BCUT2D eigenvalue weighted by Crippen LogP contribution is -2.45. The molecule has 0 radical (unpaired) electrons. The Kier molecular flexibility index (Phi) is 5.55. The molecule has 6 heteroatoms. The third-order valence-corrected chi connectivity index (χ3v) is 5.87. The van der Waals surface area contributed by atoms with Crippen LogP contribution in [0.2, 0.25) is 0 Å². The van der Waals surface area contributed by atoms with Crippen LogP contribution < -0.4 is 5.32 Å². The molecule has 0 spiro atoms. The van der Waals surface area contributed by atoms with Gasteiger partial charge in [0.05, 0.1) is 6.04 Å². The second-order valence-electron chi connectivity index (χ2n) is 8.16. The minimum atomic E-state index is -0.176. The molecule has 2 aromatic rings. The summed E-state index contributed by atoms with van der Waals surface area (Å²) in [6.45, 7) is 5.73. The van der Waals surface area contributed by atoms with Crippen LogP contribution in [0.5, 0.6) is 0 Å². The minimum absolute atomic E-state index is 0.0769. The van der Waals surface area contributed by atoms with E-state index < -0.39 is 0 Å². The van der Waals surface area contributed by atoms with Crippen LogP contribution in [0.15, 0.2) is 28.8 Å². The average Bonchev–Trinajstić information content (AvgIpc) is 3.13. The molecule has 27 heavy (non-hydrogen) atoms. The lowest BCUT2D eigenvalue weighted by molar-refractivity contribution is 0.0436. The standard InChI is InChI=1S/C21H28FN3O2/c1-13(2)20-24-21(27-25-20)19(15-7-9-26-10-8-15)23-18-11-16(12-18)14-3-5-17(22)6-4-14/h3-6,13,15-16,18-19,23H,7-12H2,1-2H3. The lowest BCUT2D eigenvalue weighted by atomic mass is 9.75. The maximum absolute atomic E-state index is 13.1. The van der Waals surface area contributed by atoms with Gasteiger partial charge in [-0.2, -0.15) is 4.98 Å². The van der Waals surface area contributed by atoms with Crippen molar-refractivity contribution in [3.8, 4) is 0 Å². The quantitative estimate of drug-likeness (QED) is 0.816. The van der Waals surface area contributed by atoms with Gasteiger partial charge in [-0.15, -0.1) is 0 Å². The summed E-state index contributed by atoms with van der Waals surface area (Å²) in [7, 11) is 0. The maximum Gasteiger partial charge on any atom is 0.244 e. The van der Waals surface area contributed by atoms with Crippen molar-refractivity contribution in [1.82, 2.24) is 15.5 Å². The van der Waals surface area contributed by atoms with Gasteiger partial charge in [0.1, 0.15) is 5.82 Å². The summed E-state index contributed by atoms with van der Waals surface area (Å²) in [6.07, 6.45) is 4.11. The summed E-state index contributed by atoms with van der Waals surface area (Å²) in [5, 5.41) is 7.94. The molecule has 1 aromatic heterocycles. The zero-order valence-corrected chi connectivity index (χ0v) is 16.0. The molecule has 0 bridgehead atoms. The minimum Gasteiger partial charge on any atom is -0.381 e. The van der Waals surface area contributed by atoms with Crippen LogP contribution >= 0.6 is 0 Å². The number of ether oxygens (including phenoxy) is 1. The van der Waals surface area contributed by atoms with E-state index >= 15 is 0 Å². The van der Waals surface area contributed by atoms with Crippen LogP contribution in [-0.2, 0) is 4.74 Å². The molecule has 5 nitrogen and oxygen atoms in total. The van der Waals surface area contributed by atoms with Gasteiger partial charge in [-0.1, -0.05) is 31.1 Å². The molecule has 1 aliphatic carbocycles. The van der Waals surface area contributed by atoms with E-state index in [0.29, 0.717) is 23.8 Å². The van der Waals surface area contributed by atoms with Crippen molar-refractivity contribution in [2.45, 2.75) is 63.5 Å². The smallest absolute Gasteiger partial charge is 0.244 e. The fourth-order valence-corrected chi connectivity index (χ4v) is 4.08. The molecular weight excluding hydrogens is 345 g/mol. The highest BCUT2D eigenvalue weighted by molar-refractivity contribution is 5.23. The van der Waals surface area contributed by atoms with Crippen LogP contribution in [0.4, 0.5) is 4.39 Å². The van der Waals surface area contributed by atoms with Crippen molar-refractivity contribution in [3.05, 3.63) is 47.4 Å². The predicted octanol–water partition coefficient (Wildman–Crippen LogP) is 4.34. The number of hydrogen-bond acceptors (Lipinski definition) is 5. The fraction of sp³-hybridized carbons (Fsp3) is 0.619. The van der Waals surface area contributed by atoms with Crippen LogP contribution in [0.1, 0.15) is 74.7 Å². The van der Waals surface area contributed by atoms with E-state index in [4.69, 9.17) is 9.26 Å². The van der Waals surface area contributed by atoms with Crippen LogP contribution in [0.25, 0.3) is 0 Å². The molecule has 2 fully saturated rings. The topological polar surface area (TPSA) is 60.2 Å². The molecule has 1 unspecified atom stereocenters. The summed E-state index contributed by atoms with van der Waals surface area (Å²) < 4.78 is 24.3. The first kappa shape index (κ1) is 18.6. The number of aromatic nitrogens is 2. The Morgan fingerprint density at radius 2 is 1.81 bits per heavy atom. The summed E-state index contributed by atoms with van der Waals surface area (Å²) in [5.41, 5.74) is 1.22. The second kappa shape index (κ2) is 8.07. The molecule has 0 amide bonds. The van der Waals surface area contributed by atoms with Gasteiger partial charge >= 0.3 is 0 Å². The van der Waals surface area contributed by atoms with Gasteiger partial charge in [-0.3, -0.25) is 0 Å². The number of nitrogens with zero attached hydrogens (tertiary/aromatic N) is 2. The highest BCUT2D eigenvalue weighted by Gasteiger charge is 2.37. The summed E-state index contributed by atoms with van der Waals surface area (Å²) in [6, 6.07) is 7.40. The first-order chi connectivity index (χ1) is 13.1. The van der Waals surface area contributed by atoms with E-state index in [1.165, 1.54) is 5.56 Å². The van der Waals surface area contributed by atoms with Crippen molar-refractivity contribution in [1.29, 1.82) is 0 Å². The van der Waals surface area contributed by atoms with E-state index in [0.717, 1.165) is 44.7 Å². The Labute approximate surface area is 159 Å². The Hall–Kier alpha value is -1.79. The van der Waals surface area contributed by atoms with E-state index in [2.05, 4.69) is 29.3 Å². The van der Waals surface area contributed by atoms with Crippen molar-refractivity contribution >= 4 is 0 Å². The molecule has 146 valence electrons. The summed E-state index contributed by atoms with van der Waals surface area (Å²) in [4.78, 5) is 4.66. The molecule has 1 saturated carbocycles. The summed E-state index contributed by atoms with van der Waals surface area (Å²) in [5.74, 6) is 2.49. The number of rotatable bonds is 6. The third-order valence-electron chi connectivity index (χ3n) is 5.87. The number of nitrogens with one attached hydrogen (secondary N) is 1. The van der Waals surface area contributed by atoms with Crippen LogP contribution in [0.3, 0.4) is 0 Å². The maximum atomic E-state index is 13.1. The number of benzene rings is 1. The van der Waals surface area contributed by atoms with E-state index in [1.807, 2.05) is 12.1 Å². The number of hydrogen-bond donors (Lipinski definition) is 1. The van der Waals surface area contributed by atoms with E-state index in [1.54, 1.807) is 12.1 Å². The van der Waals surface area contributed by atoms with Gasteiger partial charge in [-0.25, -0.2) is 4.39 Å². The molecule has 1 N–H and O–H groups in total. The Morgan fingerprint density at radius 3 is 2.44 bits per heavy atom.